The van der Waals surface area contributed by atoms with E-state index in [0.717, 1.165) is 22.4 Å². The number of carbonyl (C=O) groups excluding carboxylic acids is 1. The fraction of sp³-hybridized carbons (Fsp3) is 0.324. The molecule has 1 aliphatic rings. The highest BCUT2D eigenvalue weighted by Gasteiger charge is 2.31. The van der Waals surface area contributed by atoms with Gasteiger partial charge in [0.05, 0.1) is 27.5 Å². The number of anilines is 1. The van der Waals surface area contributed by atoms with E-state index in [1.54, 1.807) is 21.7 Å². The summed E-state index contributed by atoms with van der Waals surface area (Å²) in [5.41, 5.74) is 4.70. The highest BCUT2D eigenvalue weighted by Crippen LogP contribution is 2.37. The molecule has 0 spiro atoms. The Kier molecular flexibility index (Phi) is 8.51. The molecule has 4 heterocycles. The number of halogens is 1. The van der Waals surface area contributed by atoms with E-state index in [0.29, 0.717) is 52.9 Å². The Morgan fingerprint density at radius 2 is 1.81 bits per heavy atom. The van der Waals surface area contributed by atoms with Gasteiger partial charge in [0, 0.05) is 37.4 Å². The molecule has 5 rings (SSSR count). The van der Waals surface area contributed by atoms with Crippen molar-refractivity contribution < 1.29 is 4.79 Å². The van der Waals surface area contributed by atoms with E-state index in [2.05, 4.69) is 50.7 Å². The molecule has 4 aromatic rings. The third-order valence-electron chi connectivity index (χ3n) is 8.00. The average Bonchev–Trinajstić information content (AvgIpc) is 2.99. The first-order valence-corrected chi connectivity index (χ1v) is 15.0. The molecule has 0 saturated carbocycles. The first kappa shape index (κ1) is 30.2. The number of benzene rings is 1. The highest BCUT2D eigenvalue weighted by molar-refractivity contribution is 6.34. The molecule has 1 fully saturated rings. The molecule has 1 aromatic carbocycles. The van der Waals surface area contributed by atoms with Crippen molar-refractivity contribution in [3.63, 3.8) is 0 Å². The maximum atomic E-state index is 14.3. The molecule has 0 radical (unpaired) electrons. The molecule has 43 heavy (non-hydrogen) atoms. The van der Waals surface area contributed by atoms with Crippen LogP contribution >= 0.6 is 11.6 Å². The van der Waals surface area contributed by atoms with Gasteiger partial charge in [0.2, 0.25) is 5.91 Å². The second-order valence-electron chi connectivity index (χ2n) is 11.5. The van der Waals surface area contributed by atoms with Crippen molar-refractivity contribution in [2.75, 3.05) is 24.5 Å². The van der Waals surface area contributed by atoms with E-state index in [4.69, 9.17) is 21.6 Å². The minimum Gasteiger partial charge on any atom is -0.350 e. The van der Waals surface area contributed by atoms with Gasteiger partial charge in [-0.15, -0.1) is 0 Å². The van der Waals surface area contributed by atoms with Gasteiger partial charge in [-0.2, -0.15) is 4.98 Å². The van der Waals surface area contributed by atoms with Gasteiger partial charge in [-0.3, -0.25) is 9.78 Å². The predicted molar refractivity (Wildman–Crippen MR) is 175 cm³/mol. The average molecular weight is 597 g/mol. The number of hydrogen-bond donors (Lipinski definition) is 0. The summed E-state index contributed by atoms with van der Waals surface area (Å²) in [5, 5.41) is 1.08. The number of pyridine rings is 2. The van der Waals surface area contributed by atoms with Gasteiger partial charge in [-0.1, -0.05) is 82.8 Å². The Morgan fingerprint density at radius 3 is 2.47 bits per heavy atom. The van der Waals surface area contributed by atoms with E-state index >= 15 is 0 Å². The minimum atomic E-state index is -0.450. The first-order valence-electron chi connectivity index (χ1n) is 14.6. The number of fused-ring (bicyclic) bond motifs is 1. The molecule has 1 amide bonds. The van der Waals surface area contributed by atoms with Crippen molar-refractivity contribution in [3.05, 3.63) is 94.2 Å². The summed E-state index contributed by atoms with van der Waals surface area (Å²) in [7, 11) is 0. The van der Waals surface area contributed by atoms with E-state index in [1.807, 2.05) is 43.3 Å². The van der Waals surface area contributed by atoms with Gasteiger partial charge in [-0.05, 0) is 48.1 Å². The van der Waals surface area contributed by atoms with Crippen molar-refractivity contribution >= 4 is 40.4 Å². The maximum Gasteiger partial charge on any atom is 0.355 e. The minimum absolute atomic E-state index is 0.0408. The quantitative estimate of drug-likeness (QED) is 0.223. The van der Waals surface area contributed by atoms with Crippen LogP contribution in [0.3, 0.4) is 0 Å². The Hall–Kier alpha value is -4.30. The molecule has 1 saturated heterocycles. The van der Waals surface area contributed by atoms with Crippen LogP contribution in [0, 0.1) is 0 Å². The third-order valence-corrected chi connectivity index (χ3v) is 8.29. The van der Waals surface area contributed by atoms with Gasteiger partial charge in [0.1, 0.15) is 5.82 Å². The maximum absolute atomic E-state index is 14.3. The standard InChI is InChI=1S/C34H37ClN6O2/c1-8-23-12-10-11-13-25(23)30-27(35)18-26-32(40-17-16-39(19-22(40)7)28(42)9-2)38-34(43)41(33(26)37-30)31-24(20(3)4)14-15-36-29(31)21(5)6/h8-15,18,20-22H,1-2,16-17,19H2,3-7H3/t22-/m0/s1. The monoisotopic (exact) mass is 596 g/mol. The Bertz CT molecular complexity index is 1770. The van der Waals surface area contributed by atoms with Crippen molar-refractivity contribution in [2.24, 2.45) is 0 Å². The van der Waals surface area contributed by atoms with Crippen LogP contribution in [0.2, 0.25) is 5.02 Å². The molecular weight excluding hydrogens is 560 g/mol. The van der Waals surface area contributed by atoms with Crippen LogP contribution in [0.25, 0.3) is 34.1 Å². The first-order chi connectivity index (χ1) is 20.6. The summed E-state index contributed by atoms with van der Waals surface area (Å²) >= 11 is 6.99. The number of hydrogen-bond acceptors (Lipinski definition) is 6. The van der Waals surface area contributed by atoms with Gasteiger partial charge < -0.3 is 9.80 Å². The third kappa shape index (κ3) is 5.47. The lowest BCUT2D eigenvalue weighted by molar-refractivity contribution is -0.126. The summed E-state index contributed by atoms with van der Waals surface area (Å²) in [6.07, 6.45) is 4.89. The predicted octanol–water partition coefficient (Wildman–Crippen LogP) is 6.61. The van der Waals surface area contributed by atoms with Crippen molar-refractivity contribution in [3.8, 4) is 16.9 Å². The van der Waals surface area contributed by atoms with E-state index in [-0.39, 0.29) is 23.8 Å². The molecule has 9 heteroatoms. The lowest BCUT2D eigenvalue weighted by Crippen LogP contribution is -2.54. The second-order valence-corrected chi connectivity index (χ2v) is 11.9. The summed E-state index contributed by atoms with van der Waals surface area (Å²) in [6.45, 7) is 19.4. The number of nitrogens with zero attached hydrogens (tertiary/aromatic N) is 6. The zero-order chi connectivity index (χ0) is 31.0. The van der Waals surface area contributed by atoms with Crippen LogP contribution in [0.1, 0.15) is 63.3 Å². The molecule has 0 unspecified atom stereocenters. The van der Waals surface area contributed by atoms with Crippen molar-refractivity contribution in [1.82, 2.24) is 24.4 Å². The van der Waals surface area contributed by atoms with Crippen LogP contribution in [0.15, 0.2) is 66.6 Å². The smallest absolute Gasteiger partial charge is 0.350 e. The van der Waals surface area contributed by atoms with Crippen LogP contribution < -0.4 is 10.6 Å². The second kappa shape index (κ2) is 12.1. The van der Waals surface area contributed by atoms with Crippen LogP contribution in [0.4, 0.5) is 5.82 Å². The Balaban J connectivity index is 1.86. The van der Waals surface area contributed by atoms with Crippen LogP contribution in [-0.2, 0) is 4.79 Å². The Labute approximate surface area is 257 Å². The number of piperazine rings is 1. The zero-order valence-electron chi connectivity index (χ0n) is 25.3. The van der Waals surface area contributed by atoms with E-state index < -0.39 is 5.69 Å². The number of amides is 1. The van der Waals surface area contributed by atoms with Crippen molar-refractivity contribution in [1.29, 1.82) is 0 Å². The molecule has 0 bridgehead atoms. The lowest BCUT2D eigenvalue weighted by atomic mass is 9.97. The molecule has 8 nitrogen and oxygen atoms in total. The van der Waals surface area contributed by atoms with Gasteiger partial charge in [0.25, 0.3) is 0 Å². The summed E-state index contributed by atoms with van der Waals surface area (Å²) < 4.78 is 1.61. The summed E-state index contributed by atoms with van der Waals surface area (Å²) in [4.78, 5) is 45.0. The summed E-state index contributed by atoms with van der Waals surface area (Å²) in [6, 6.07) is 11.5. The molecule has 0 aliphatic carbocycles. The SMILES string of the molecule is C=CC(=O)N1CCN(c2nc(=O)n(-c3c(C(C)C)ccnc3C(C)C)c3nc(-c4ccccc4C=C)c(Cl)cc23)[C@@H](C)C1. The van der Waals surface area contributed by atoms with E-state index in [1.165, 1.54) is 6.08 Å². The van der Waals surface area contributed by atoms with E-state index in [9.17, 15) is 9.59 Å². The number of carbonyl (C=O) groups is 1. The Morgan fingerprint density at radius 1 is 1.07 bits per heavy atom. The van der Waals surface area contributed by atoms with Gasteiger partial charge in [-0.25, -0.2) is 14.3 Å². The zero-order valence-corrected chi connectivity index (χ0v) is 26.1. The topological polar surface area (TPSA) is 84.2 Å². The highest BCUT2D eigenvalue weighted by atomic mass is 35.5. The molecule has 0 N–H and O–H groups in total. The van der Waals surface area contributed by atoms with Crippen LogP contribution in [-0.4, -0.2) is 56.0 Å². The van der Waals surface area contributed by atoms with Gasteiger partial charge >= 0.3 is 5.69 Å². The molecule has 222 valence electrons. The largest absolute Gasteiger partial charge is 0.355 e. The fourth-order valence-electron chi connectivity index (χ4n) is 5.83. The summed E-state index contributed by atoms with van der Waals surface area (Å²) in [5.74, 6) is 0.530. The molecular formula is C34H37ClN6O2. The van der Waals surface area contributed by atoms with Crippen LogP contribution in [0.5, 0.6) is 0 Å². The molecule has 3 aromatic heterocycles. The van der Waals surface area contributed by atoms with Gasteiger partial charge in [0.15, 0.2) is 5.65 Å². The molecule has 1 aliphatic heterocycles. The molecule has 1 atom stereocenters. The lowest BCUT2D eigenvalue weighted by Gasteiger charge is -2.40. The normalized spacial score (nSPS) is 15.4. The van der Waals surface area contributed by atoms with Crippen molar-refractivity contribution in [2.45, 2.75) is 52.5 Å². The number of rotatable bonds is 7. The number of aromatic nitrogens is 4. The fourth-order valence-corrected chi connectivity index (χ4v) is 6.08.